The summed E-state index contributed by atoms with van der Waals surface area (Å²) in [5.74, 6) is -0.760. The largest absolute Gasteiger partial charge is 0.459 e. The second kappa shape index (κ2) is 8.19. The van der Waals surface area contributed by atoms with Crippen molar-refractivity contribution >= 4 is 21.8 Å². The second-order valence-electron chi connectivity index (χ2n) is 7.32. The standard InChI is InChI=1S/C20H22FN3O5S/c21-15-5-7-16(8-6-15)30(27,28)24-9-1-3-17(24)19(25)22-10-12-23(13-11-22)20(26)18-4-2-14-29-18/h2,4-8,14,17H,1,3,9-13H2/t17-/m0/s1. The molecule has 2 aliphatic heterocycles. The van der Waals surface area contributed by atoms with Crippen LogP contribution in [-0.4, -0.2) is 73.1 Å². The van der Waals surface area contributed by atoms with Gasteiger partial charge in [0.1, 0.15) is 11.9 Å². The zero-order valence-electron chi connectivity index (χ0n) is 16.2. The lowest BCUT2D eigenvalue weighted by Crippen LogP contribution is -2.55. The van der Waals surface area contributed by atoms with Crippen LogP contribution in [0.5, 0.6) is 0 Å². The third-order valence-corrected chi connectivity index (χ3v) is 7.44. The van der Waals surface area contributed by atoms with E-state index in [9.17, 15) is 22.4 Å². The summed E-state index contributed by atoms with van der Waals surface area (Å²) < 4.78 is 45.5. The van der Waals surface area contributed by atoms with Crippen molar-refractivity contribution in [1.29, 1.82) is 0 Å². The molecule has 0 radical (unpaired) electrons. The van der Waals surface area contributed by atoms with Crippen molar-refractivity contribution in [3.8, 4) is 0 Å². The number of rotatable bonds is 4. The summed E-state index contributed by atoms with van der Waals surface area (Å²) in [7, 11) is -3.90. The van der Waals surface area contributed by atoms with E-state index in [4.69, 9.17) is 4.42 Å². The molecule has 2 amide bonds. The molecule has 1 aromatic carbocycles. The normalized spacial score (nSPS) is 20.5. The Morgan fingerprint density at radius 1 is 0.967 bits per heavy atom. The third-order valence-electron chi connectivity index (χ3n) is 5.52. The Balaban J connectivity index is 1.43. The predicted molar refractivity (Wildman–Crippen MR) is 105 cm³/mol. The van der Waals surface area contributed by atoms with E-state index in [0.717, 1.165) is 12.1 Å². The predicted octanol–water partition coefficient (Wildman–Crippen LogP) is 1.56. The van der Waals surface area contributed by atoms with Gasteiger partial charge in [0, 0.05) is 32.7 Å². The number of nitrogens with zero attached hydrogens (tertiary/aromatic N) is 3. The fourth-order valence-electron chi connectivity index (χ4n) is 3.91. The van der Waals surface area contributed by atoms with Crippen LogP contribution in [0.1, 0.15) is 23.4 Å². The molecule has 0 unspecified atom stereocenters. The Kier molecular flexibility index (Phi) is 5.61. The number of amides is 2. The first-order chi connectivity index (χ1) is 14.4. The van der Waals surface area contributed by atoms with Crippen molar-refractivity contribution in [3.05, 3.63) is 54.2 Å². The molecule has 2 saturated heterocycles. The van der Waals surface area contributed by atoms with Crippen LogP contribution in [-0.2, 0) is 14.8 Å². The quantitative estimate of drug-likeness (QED) is 0.727. The first-order valence-corrected chi connectivity index (χ1v) is 11.2. The van der Waals surface area contributed by atoms with Crippen molar-refractivity contribution in [2.24, 2.45) is 0 Å². The summed E-state index contributed by atoms with van der Waals surface area (Å²) in [6, 6.07) is 7.06. The summed E-state index contributed by atoms with van der Waals surface area (Å²) in [5.41, 5.74) is 0. The Bertz CT molecular complexity index is 1020. The van der Waals surface area contributed by atoms with Crippen LogP contribution in [0.4, 0.5) is 4.39 Å². The molecule has 0 aliphatic carbocycles. The topological polar surface area (TPSA) is 91.1 Å². The van der Waals surface area contributed by atoms with E-state index in [-0.39, 0.29) is 29.0 Å². The molecule has 0 bridgehead atoms. The van der Waals surface area contributed by atoms with Gasteiger partial charge in [-0.15, -0.1) is 0 Å². The Labute approximate surface area is 173 Å². The van der Waals surface area contributed by atoms with E-state index >= 15 is 0 Å². The van der Waals surface area contributed by atoms with E-state index in [2.05, 4.69) is 0 Å². The van der Waals surface area contributed by atoms with Gasteiger partial charge in [-0.3, -0.25) is 9.59 Å². The van der Waals surface area contributed by atoms with Crippen LogP contribution >= 0.6 is 0 Å². The first-order valence-electron chi connectivity index (χ1n) is 9.77. The number of carbonyl (C=O) groups excluding carboxylic acids is 2. The smallest absolute Gasteiger partial charge is 0.289 e. The molecule has 3 heterocycles. The minimum atomic E-state index is -3.90. The molecule has 160 valence electrons. The average molecular weight is 435 g/mol. The maximum atomic E-state index is 13.2. The molecule has 1 aromatic heterocycles. The van der Waals surface area contributed by atoms with Gasteiger partial charge in [-0.25, -0.2) is 12.8 Å². The molecule has 4 rings (SSSR count). The molecule has 2 aromatic rings. The van der Waals surface area contributed by atoms with Gasteiger partial charge < -0.3 is 14.2 Å². The van der Waals surface area contributed by atoms with Crippen molar-refractivity contribution in [1.82, 2.24) is 14.1 Å². The summed E-state index contributed by atoms with van der Waals surface area (Å²) in [6.07, 6.45) is 2.45. The average Bonchev–Trinajstić information content (AvgIpc) is 3.45. The molecule has 30 heavy (non-hydrogen) atoms. The van der Waals surface area contributed by atoms with Crippen LogP contribution in [0, 0.1) is 5.82 Å². The van der Waals surface area contributed by atoms with Crippen LogP contribution < -0.4 is 0 Å². The zero-order valence-corrected chi connectivity index (χ0v) is 17.1. The third kappa shape index (κ3) is 3.84. The van der Waals surface area contributed by atoms with E-state index in [1.165, 1.54) is 22.7 Å². The Hall–Kier alpha value is -2.72. The van der Waals surface area contributed by atoms with Crippen molar-refractivity contribution in [3.63, 3.8) is 0 Å². The van der Waals surface area contributed by atoms with Gasteiger partial charge in [0.2, 0.25) is 15.9 Å². The minimum absolute atomic E-state index is 0.0301. The van der Waals surface area contributed by atoms with Gasteiger partial charge >= 0.3 is 0 Å². The molecular formula is C20H22FN3O5S. The number of carbonyl (C=O) groups is 2. The molecule has 0 N–H and O–H groups in total. The monoisotopic (exact) mass is 435 g/mol. The van der Waals surface area contributed by atoms with Gasteiger partial charge in [0.15, 0.2) is 5.76 Å². The number of sulfonamides is 1. The number of hydrogen-bond acceptors (Lipinski definition) is 5. The highest BCUT2D eigenvalue weighted by atomic mass is 32.2. The molecule has 0 spiro atoms. The van der Waals surface area contributed by atoms with E-state index < -0.39 is 21.9 Å². The number of halogens is 1. The fourth-order valence-corrected chi connectivity index (χ4v) is 5.56. The number of hydrogen-bond donors (Lipinski definition) is 0. The number of benzene rings is 1. The zero-order chi connectivity index (χ0) is 21.3. The van der Waals surface area contributed by atoms with E-state index in [0.29, 0.717) is 39.0 Å². The number of furan rings is 1. The van der Waals surface area contributed by atoms with Crippen molar-refractivity contribution in [2.45, 2.75) is 23.8 Å². The summed E-state index contributed by atoms with van der Waals surface area (Å²) in [4.78, 5) is 28.6. The molecule has 10 heteroatoms. The lowest BCUT2D eigenvalue weighted by molar-refractivity contribution is -0.136. The highest BCUT2D eigenvalue weighted by Gasteiger charge is 2.41. The first kappa shape index (κ1) is 20.5. The SMILES string of the molecule is O=C(c1ccco1)N1CCN(C(=O)[C@@H]2CCCN2S(=O)(=O)c2ccc(F)cc2)CC1. The van der Waals surface area contributed by atoms with Gasteiger partial charge in [-0.2, -0.15) is 4.31 Å². The Morgan fingerprint density at radius 2 is 1.63 bits per heavy atom. The van der Waals surface area contributed by atoms with Crippen LogP contribution in [0.15, 0.2) is 52.0 Å². The molecule has 2 fully saturated rings. The second-order valence-corrected chi connectivity index (χ2v) is 9.21. The van der Waals surface area contributed by atoms with Crippen LogP contribution in [0.2, 0.25) is 0 Å². The molecule has 1 atom stereocenters. The molecule has 2 aliphatic rings. The van der Waals surface area contributed by atoms with Crippen LogP contribution in [0.3, 0.4) is 0 Å². The minimum Gasteiger partial charge on any atom is -0.459 e. The van der Waals surface area contributed by atoms with E-state index in [1.54, 1.807) is 21.9 Å². The summed E-state index contributed by atoms with van der Waals surface area (Å²) >= 11 is 0. The van der Waals surface area contributed by atoms with Crippen molar-refractivity contribution in [2.75, 3.05) is 32.7 Å². The molecule has 8 nitrogen and oxygen atoms in total. The maximum Gasteiger partial charge on any atom is 0.289 e. The van der Waals surface area contributed by atoms with E-state index in [1.807, 2.05) is 0 Å². The van der Waals surface area contributed by atoms with Gasteiger partial charge in [-0.05, 0) is 49.2 Å². The lowest BCUT2D eigenvalue weighted by atomic mass is 10.2. The lowest BCUT2D eigenvalue weighted by Gasteiger charge is -2.36. The Morgan fingerprint density at radius 3 is 2.27 bits per heavy atom. The number of piperazine rings is 1. The molecule has 0 saturated carbocycles. The highest BCUT2D eigenvalue weighted by molar-refractivity contribution is 7.89. The van der Waals surface area contributed by atoms with Gasteiger partial charge in [0.05, 0.1) is 11.2 Å². The molecular weight excluding hydrogens is 413 g/mol. The fraction of sp³-hybridized carbons (Fsp3) is 0.400. The van der Waals surface area contributed by atoms with Gasteiger partial charge in [-0.1, -0.05) is 0 Å². The highest BCUT2D eigenvalue weighted by Crippen LogP contribution is 2.28. The maximum absolute atomic E-state index is 13.2. The summed E-state index contributed by atoms with van der Waals surface area (Å²) in [6.45, 7) is 1.59. The van der Waals surface area contributed by atoms with Crippen LogP contribution in [0.25, 0.3) is 0 Å². The van der Waals surface area contributed by atoms with Gasteiger partial charge in [0.25, 0.3) is 5.91 Å². The van der Waals surface area contributed by atoms with Crippen molar-refractivity contribution < 1.29 is 26.8 Å². The summed E-state index contributed by atoms with van der Waals surface area (Å²) in [5, 5.41) is 0.